The smallest absolute Gasteiger partial charge is 0.325 e. The summed E-state index contributed by atoms with van der Waals surface area (Å²) in [6.07, 6.45) is 1.54. The lowest BCUT2D eigenvalue weighted by molar-refractivity contribution is -0.138. The summed E-state index contributed by atoms with van der Waals surface area (Å²) < 4.78 is 0.782. The molecule has 0 aliphatic rings. The van der Waals surface area contributed by atoms with E-state index in [1.807, 2.05) is 0 Å². The van der Waals surface area contributed by atoms with E-state index in [2.05, 4.69) is 31.5 Å². The van der Waals surface area contributed by atoms with E-state index in [9.17, 15) is 9.59 Å². The van der Waals surface area contributed by atoms with Crippen molar-refractivity contribution in [3.05, 3.63) is 9.98 Å². The molecule has 0 spiro atoms. The van der Waals surface area contributed by atoms with Gasteiger partial charge in [-0.3, -0.25) is 10.1 Å². The van der Waals surface area contributed by atoms with E-state index < -0.39 is 18.0 Å². The number of rotatable bonds is 3. The molecule has 1 rings (SSSR count). The highest BCUT2D eigenvalue weighted by Gasteiger charge is 2.14. The second-order valence-electron chi connectivity index (χ2n) is 2.63. The van der Waals surface area contributed by atoms with Gasteiger partial charge in [-0.2, -0.15) is 0 Å². The van der Waals surface area contributed by atoms with Crippen LogP contribution in [-0.2, 0) is 4.79 Å². The number of thiazole rings is 1. The number of urea groups is 1. The van der Waals surface area contributed by atoms with Crippen LogP contribution in [0.25, 0.3) is 0 Å². The number of nitrogens with zero attached hydrogens (tertiary/aromatic N) is 1. The Morgan fingerprint density at radius 2 is 2.33 bits per heavy atom. The van der Waals surface area contributed by atoms with Crippen molar-refractivity contribution in [1.82, 2.24) is 10.3 Å². The Labute approximate surface area is 97.8 Å². The lowest BCUT2D eigenvalue weighted by Gasteiger charge is -2.08. The molecule has 82 valence electrons. The van der Waals surface area contributed by atoms with Crippen molar-refractivity contribution in [2.45, 2.75) is 13.0 Å². The van der Waals surface area contributed by atoms with Gasteiger partial charge < -0.3 is 10.4 Å². The van der Waals surface area contributed by atoms with Crippen molar-refractivity contribution < 1.29 is 14.7 Å². The van der Waals surface area contributed by atoms with Crippen LogP contribution < -0.4 is 10.6 Å². The van der Waals surface area contributed by atoms with Crippen molar-refractivity contribution >= 4 is 44.4 Å². The number of hydrogen-bond donors (Lipinski definition) is 3. The number of aliphatic carboxylic acids is 1. The van der Waals surface area contributed by atoms with E-state index in [1.165, 1.54) is 18.3 Å². The van der Waals surface area contributed by atoms with Crippen LogP contribution in [-0.4, -0.2) is 28.1 Å². The van der Waals surface area contributed by atoms with Crippen LogP contribution in [0.2, 0.25) is 0 Å². The van der Waals surface area contributed by atoms with Crippen LogP contribution in [0, 0.1) is 0 Å². The molecule has 0 saturated carbocycles. The molecule has 1 atom stereocenters. The van der Waals surface area contributed by atoms with E-state index in [4.69, 9.17) is 5.11 Å². The number of amides is 2. The molecule has 1 aromatic rings. The van der Waals surface area contributed by atoms with Gasteiger partial charge in [-0.1, -0.05) is 11.3 Å². The van der Waals surface area contributed by atoms with E-state index >= 15 is 0 Å². The lowest BCUT2D eigenvalue weighted by atomic mass is 10.3. The van der Waals surface area contributed by atoms with Gasteiger partial charge in [0, 0.05) is 0 Å². The predicted octanol–water partition coefficient (Wildman–Crippen LogP) is 1.50. The van der Waals surface area contributed by atoms with E-state index in [0.29, 0.717) is 5.13 Å². The Bertz CT molecular complexity index is 381. The molecule has 2 amide bonds. The molecule has 1 heterocycles. The zero-order valence-corrected chi connectivity index (χ0v) is 10.1. The minimum Gasteiger partial charge on any atom is -0.480 e. The standard InChI is InChI=1S/C7H8BrN3O3S/c1-3(5(12)13)10-6(14)11-7-9-2-4(8)15-7/h2-3H,1H3,(H,12,13)(H2,9,10,11,14)/t3-/m0/s1. The summed E-state index contributed by atoms with van der Waals surface area (Å²) in [5.41, 5.74) is 0. The molecule has 0 fully saturated rings. The quantitative estimate of drug-likeness (QED) is 0.788. The van der Waals surface area contributed by atoms with Gasteiger partial charge in [0.15, 0.2) is 5.13 Å². The minimum absolute atomic E-state index is 0.400. The Morgan fingerprint density at radius 3 is 2.80 bits per heavy atom. The Kier molecular flexibility index (Phi) is 4.04. The predicted molar refractivity (Wildman–Crippen MR) is 59.1 cm³/mol. The molecule has 0 saturated heterocycles. The summed E-state index contributed by atoms with van der Waals surface area (Å²) in [4.78, 5) is 25.5. The van der Waals surface area contributed by atoms with Gasteiger partial charge in [0.2, 0.25) is 0 Å². The number of halogens is 1. The molecule has 1 aromatic heterocycles. The van der Waals surface area contributed by atoms with Crippen molar-refractivity contribution in [1.29, 1.82) is 0 Å². The highest BCUT2D eigenvalue weighted by atomic mass is 79.9. The summed E-state index contributed by atoms with van der Waals surface area (Å²) in [7, 11) is 0. The third kappa shape index (κ3) is 3.84. The summed E-state index contributed by atoms with van der Waals surface area (Å²) in [6, 6.07) is -1.53. The van der Waals surface area contributed by atoms with Crippen molar-refractivity contribution in [3.8, 4) is 0 Å². The second kappa shape index (κ2) is 5.08. The van der Waals surface area contributed by atoms with Gasteiger partial charge >= 0.3 is 12.0 Å². The van der Waals surface area contributed by atoms with Gasteiger partial charge in [0.1, 0.15) is 6.04 Å². The summed E-state index contributed by atoms with van der Waals surface area (Å²) in [5, 5.41) is 13.6. The molecular formula is C7H8BrN3O3S. The Balaban J connectivity index is 2.46. The number of carbonyl (C=O) groups is 2. The Hall–Kier alpha value is -1.15. The molecule has 8 heteroatoms. The average Bonchev–Trinajstić information content (AvgIpc) is 2.50. The van der Waals surface area contributed by atoms with Crippen LogP contribution in [0.5, 0.6) is 0 Å². The van der Waals surface area contributed by atoms with Crippen molar-refractivity contribution in [2.24, 2.45) is 0 Å². The first-order valence-electron chi connectivity index (χ1n) is 3.90. The zero-order chi connectivity index (χ0) is 11.4. The normalized spacial score (nSPS) is 11.9. The van der Waals surface area contributed by atoms with Gasteiger partial charge in [-0.25, -0.2) is 9.78 Å². The number of carbonyl (C=O) groups excluding carboxylic acids is 1. The number of hydrogen-bond acceptors (Lipinski definition) is 4. The minimum atomic E-state index is -1.09. The van der Waals surface area contributed by atoms with Gasteiger partial charge in [-0.05, 0) is 22.9 Å². The topological polar surface area (TPSA) is 91.3 Å². The molecule has 0 radical (unpaired) electrons. The maximum absolute atomic E-state index is 11.2. The molecule has 0 aliphatic carbocycles. The first-order chi connectivity index (χ1) is 6.99. The number of nitrogens with one attached hydrogen (secondary N) is 2. The molecule has 6 nitrogen and oxygen atoms in total. The third-order valence-electron chi connectivity index (χ3n) is 1.42. The summed E-state index contributed by atoms with van der Waals surface area (Å²) in [6.45, 7) is 1.37. The molecule has 0 bridgehead atoms. The molecule has 0 unspecified atom stereocenters. The van der Waals surface area contributed by atoms with Crippen molar-refractivity contribution in [3.63, 3.8) is 0 Å². The van der Waals surface area contributed by atoms with Gasteiger partial charge in [0.25, 0.3) is 0 Å². The van der Waals surface area contributed by atoms with Gasteiger partial charge in [0.05, 0.1) is 9.98 Å². The van der Waals surface area contributed by atoms with Crippen molar-refractivity contribution in [2.75, 3.05) is 5.32 Å². The largest absolute Gasteiger partial charge is 0.480 e. The monoisotopic (exact) mass is 293 g/mol. The highest BCUT2D eigenvalue weighted by Crippen LogP contribution is 2.22. The Morgan fingerprint density at radius 1 is 1.67 bits per heavy atom. The summed E-state index contributed by atoms with van der Waals surface area (Å²) in [5.74, 6) is -1.09. The fourth-order valence-corrected chi connectivity index (χ4v) is 1.81. The first-order valence-corrected chi connectivity index (χ1v) is 5.51. The van der Waals surface area contributed by atoms with Crippen LogP contribution in [0.15, 0.2) is 9.98 Å². The second-order valence-corrected chi connectivity index (χ2v) is 5.04. The number of carboxylic acid groups (broad SMARTS) is 1. The maximum atomic E-state index is 11.2. The zero-order valence-electron chi connectivity index (χ0n) is 7.65. The van der Waals surface area contributed by atoms with Crippen LogP contribution in [0.3, 0.4) is 0 Å². The number of aromatic nitrogens is 1. The molecular weight excluding hydrogens is 286 g/mol. The SMILES string of the molecule is C[C@H](NC(=O)Nc1ncc(Br)s1)C(=O)O. The molecule has 0 aliphatic heterocycles. The summed E-state index contributed by atoms with van der Waals surface area (Å²) >= 11 is 4.42. The fraction of sp³-hybridized carbons (Fsp3) is 0.286. The van der Waals surface area contributed by atoms with Gasteiger partial charge in [-0.15, -0.1) is 0 Å². The maximum Gasteiger partial charge on any atom is 0.325 e. The van der Waals surface area contributed by atoms with Crippen LogP contribution >= 0.6 is 27.3 Å². The van der Waals surface area contributed by atoms with E-state index in [1.54, 1.807) is 6.20 Å². The number of anilines is 1. The average molecular weight is 294 g/mol. The first kappa shape index (κ1) is 11.9. The molecule has 0 aromatic carbocycles. The van der Waals surface area contributed by atoms with E-state index in [-0.39, 0.29) is 0 Å². The van der Waals surface area contributed by atoms with E-state index in [0.717, 1.165) is 3.79 Å². The molecule has 3 N–H and O–H groups in total. The van der Waals surface area contributed by atoms with Crippen LogP contribution in [0.4, 0.5) is 9.93 Å². The fourth-order valence-electron chi connectivity index (χ4n) is 0.704. The number of carboxylic acids is 1. The third-order valence-corrected chi connectivity index (χ3v) is 2.81. The lowest BCUT2D eigenvalue weighted by Crippen LogP contribution is -2.40. The molecule has 15 heavy (non-hydrogen) atoms. The van der Waals surface area contributed by atoms with Crippen LogP contribution in [0.1, 0.15) is 6.92 Å². The highest BCUT2D eigenvalue weighted by molar-refractivity contribution is 9.11.